The second-order valence-electron chi connectivity index (χ2n) is 6.26. The molecule has 2 nitrogen and oxygen atoms in total. The normalized spacial score (nSPS) is 25.7. The van der Waals surface area contributed by atoms with E-state index in [1.54, 1.807) is 6.07 Å². The lowest BCUT2D eigenvalue weighted by Gasteiger charge is -2.38. The molecule has 0 amide bonds. The van der Waals surface area contributed by atoms with E-state index in [9.17, 15) is 4.39 Å². The number of hydrogen-bond acceptors (Lipinski definition) is 2. The van der Waals surface area contributed by atoms with Gasteiger partial charge in [-0.25, -0.2) is 4.39 Å². The number of rotatable bonds is 1. The molecule has 18 heavy (non-hydrogen) atoms. The summed E-state index contributed by atoms with van der Waals surface area (Å²) < 4.78 is 13.5. The summed E-state index contributed by atoms with van der Waals surface area (Å²) in [6.45, 7) is 9.57. The Balaban J connectivity index is 2.43. The Bertz CT molecular complexity index is 437. The summed E-state index contributed by atoms with van der Waals surface area (Å²) in [6.07, 6.45) is 0.970. The van der Waals surface area contributed by atoms with Crippen LogP contribution in [0.1, 0.15) is 44.4 Å². The zero-order chi connectivity index (χ0) is 13.5. The SMILES string of the molecule is Cc1ccc(F)cc1C1C(N)CCN1C(C)(C)C. The molecular formula is C15H23FN2. The Hall–Kier alpha value is -0.930. The summed E-state index contributed by atoms with van der Waals surface area (Å²) in [5, 5.41) is 0. The highest BCUT2D eigenvalue weighted by Crippen LogP contribution is 2.38. The van der Waals surface area contributed by atoms with Crippen LogP contribution in [0, 0.1) is 12.7 Å². The molecule has 1 fully saturated rings. The standard InChI is InChI=1S/C15H23FN2/c1-10-5-6-11(16)9-12(10)14-13(17)7-8-18(14)15(2,3)4/h5-6,9,13-14H,7-8,17H2,1-4H3. The van der Waals surface area contributed by atoms with Crippen LogP contribution < -0.4 is 5.73 Å². The van der Waals surface area contributed by atoms with Crippen molar-refractivity contribution >= 4 is 0 Å². The Morgan fingerprint density at radius 3 is 2.61 bits per heavy atom. The number of nitrogens with two attached hydrogens (primary N) is 1. The van der Waals surface area contributed by atoms with Crippen molar-refractivity contribution in [2.45, 2.75) is 51.7 Å². The third-order valence-electron chi connectivity index (χ3n) is 3.87. The van der Waals surface area contributed by atoms with E-state index < -0.39 is 0 Å². The third-order valence-corrected chi connectivity index (χ3v) is 3.87. The maximum absolute atomic E-state index is 13.5. The van der Waals surface area contributed by atoms with Crippen LogP contribution in [0.3, 0.4) is 0 Å². The number of nitrogens with zero attached hydrogens (tertiary/aromatic N) is 1. The lowest BCUT2D eigenvalue weighted by Crippen LogP contribution is -2.43. The fraction of sp³-hybridized carbons (Fsp3) is 0.600. The number of benzene rings is 1. The van der Waals surface area contributed by atoms with Crippen LogP contribution in [0.15, 0.2) is 18.2 Å². The molecule has 0 saturated carbocycles. The van der Waals surface area contributed by atoms with Crippen molar-refractivity contribution in [3.05, 3.63) is 35.1 Å². The van der Waals surface area contributed by atoms with Gasteiger partial charge in [0.05, 0.1) is 6.04 Å². The van der Waals surface area contributed by atoms with Crippen molar-refractivity contribution in [3.63, 3.8) is 0 Å². The quantitative estimate of drug-likeness (QED) is 0.830. The van der Waals surface area contributed by atoms with Gasteiger partial charge in [-0.1, -0.05) is 6.07 Å². The van der Waals surface area contributed by atoms with Crippen molar-refractivity contribution in [2.75, 3.05) is 6.54 Å². The summed E-state index contributed by atoms with van der Waals surface area (Å²) in [5.74, 6) is -0.177. The van der Waals surface area contributed by atoms with Gasteiger partial charge in [0.1, 0.15) is 5.82 Å². The van der Waals surface area contributed by atoms with Gasteiger partial charge in [-0.05, 0) is 57.4 Å². The van der Waals surface area contributed by atoms with Gasteiger partial charge in [0.25, 0.3) is 0 Å². The molecule has 100 valence electrons. The van der Waals surface area contributed by atoms with Crippen LogP contribution in [0.2, 0.25) is 0 Å². The van der Waals surface area contributed by atoms with Crippen molar-refractivity contribution in [1.29, 1.82) is 0 Å². The van der Waals surface area contributed by atoms with Crippen LogP contribution in [0.4, 0.5) is 4.39 Å². The molecule has 1 aromatic carbocycles. The Labute approximate surface area is 109 Å². The maximum Gasteiger partial charge on any atom is 0.123 e. The van der Waals surface area contributed by atoms with E-state index in [2.05, 4.69) is 25.7 Å². The lowest BCUT2D eigenvalue weighted by atomic mass is 9.93. The van der Waals surface area contributed by atoms with E-state index in [0.717, 1.165) is 24.1 Å². The minimum absolute atomic E-state index is 0.0531. The van der Waals surface area contributed by atoms with Crippen LogP contribution in [0.25, 0.3) is 0 Å². The molecule has 0 aliphatic carbocycles. The molecular weight excluding hydrogens is 227 g/mol. The summed E-state index contributed by atoms with van der Waals surface area (Å²) in [5.41, 5.74) is 8.46. The molecule has 2 unspecified atom stereocenters. The zero-order valence-corrected chi connectivity index (χ0v) is 11.7. The molecule has 1 saturated heterocycles. The van der Waals surface area contributed by atoms with E-state index in [-0.39, 0.29) is 23.4 Å². The minimum atomic E-state index is -0.177. The Morgan fingerprint density at radius 1 is 1.33 bits per heavy atom. The number of likely N-dealkylation sites (tertiary alicyclic amines) is 1. The summed E-state index contributed by atoms with van der Waals surface area (Å²) in [7, 11) is 0. The molecule has 1 aromatic rings. The Kier molecular flexibility index (Phi) is 3.47. The van der Waals surface area contributed by atoms with Gasteiger partial charge < -0.3 is 5.73 Å². The van der Waals surface area contributed by atoms with E-state index in [1.165, 1.54) is 6.07 Å². The second-order valence-corrected chi connectivity index (χ2v) is 6.26. The fourth-order valence-corrected chi connectivity index (χ4v) is 2.90. The van der Waals surface area contributed by atoms with Crippen molar-refractivity contribution < 1.29 is 4.39 Å². The molecule has 2 rings (SSSR count). The first-order valence-electron chi connectivity index (χ1n) is 6.59. The molecule has 3 heteroatoms. The van der Waals surface area contributed by atoms with Crippen LogP contribution in [-0.2, 0) is 0 Å². The molecule has 1 heterocycles. The van der Waals surface area contributed by atoms with Gasteiger partial charge in [-0.2, -0.15) is 0 Å². The van der Waals surface area contributed by atoms with Crippen molar-refractivity contribution in [2.24, 2.45) is 5.73 Å². The highest BCUT2D eigenvalue weighted by Gasteiger charge is 2.39. The molecule has 2 atom stereocenters. The predicted molar refractivity (Wildman–Crippen MR) is 72.9 cm³/mol. The monoisotopic (exact) mass is 250 g/mol. The highest BCUT2D eigenvalue weighted by atomic mass is 19.1. The van der Waals surface area contributed by atoms with E-state index in [0.29, 0.717) is 0 Å². The molecule has 2 N–H and O–H groups in total. The van der Waals surface area contributed by atoms with Gasteiger partial charge in [0.15, 0.2) is 0 Å². The average molecular weight is 250 g/mol. The van der Waals surface area contributed by atoms with Gasteiger partial charge in [0, 0.05) is 18.1 Å². The second kappa shape index (κ2) is 4.63. The first kappa shape index (κ1) is 13.5. The largest absolute Gasteiger partial charge is 0.326 e. The third kappa shape index (κ3) is 2.43. The van der Waals surface area contributed by atoms with Gasteiger partial charge in [-0.15, -0.1) is 0 Å². The van der Waals surface area contributed by atoms with E-state index in [4.69, 9.17) is 5.73 Å². The summed E-state index contributed by atoms with van der Waals surface area (Å²) in [6, 6.07) is 5.21. The maximum atomic E-state index is 13.5. The van der Waals surface area contributed by atoms with Crippen LogP contribution in [0.5, 0.6) is 0 Å². The van der Waals surface area contributed by atoms with E-state index in [1.807, 2.05) is 13.0 Å². The highest BCUT2D eigenvalue weighted by molar-refractivity contribution is 5.32. The smallest absolute Gasteiger partial charge is 0.123 e. The molecule has 1 aliphatic rings. The molecule has 1 aliphatic heterocycles. The summed E-state index contributed by atoms with van der Waals surface area (Å²) in [4.78, 5) is 2.39. The summed E-state index contributed by atoms with van der Waals surface area (Å²) >= 11 is 0. The van der Waals surface area contributed by atoms with Gasteiger partial charge in [0.2, 0.25) is 0 Å². The van der Waals surface area contributed by atoms with Crippen molar-refractivity contribution in [3.8, 4) is 0 Å². The average Bonchev–Trinajstić information content (AvgIpc) is 2.63. The fourth-order valence-electron chi connectivity index (χ4n) is 2.90. The van der Waals surface area contributed by atoms with E-state index >= 15 is 0 Å². The molecule has 0 bridgehead atoms. The molecule has 0 spiro atoms. The number of aryl methyl sites for hydroxylation is 1. The van der Waals surface area contributed by atoms with Crippen LogP contribution in [-0.4, -0.2) is 23.0 Å². The minimum Gasteiger partial charge on any atom is -0.326 e. The van der Waals surface area contributed by atoms with Crippen molar-refractivity contribution in [1.82, 2.24) is 4.90 Å². The first-order chi connectivity index (χ1) is 8.30. The number of halogens is 1. The van der Waals surface area contributed by atoms with Gasteiger partial charge in [-0.3, -0.25) is 4.90 Å². The molecule has 0 radical (unpaired) electrons. The zero-order valence-electron chi connectivity index (χ0n) is 11.7. The Morgan fingerprint density at radius 2 is 2.00 bits per heavy atom. The van der Waals surface area contributed by atoms with Crippen LogP contribution >= 0.6 is 0 Å². The topological polar surface area (TPSA) is 29.3 Å². The molecule has 0 aromatic heterocycles. The van der Waals surface area contributed by atoms with Gasteiger partial charge >= 0.3 is 0 Å². The number of hydrogen-bond donors (Lipinski definition) is 1. The predicted octanol–water partition coefficient (Wildman–Crippen LogP) is 3.01. The lowest BCUT2D eigenvalue weighted by molar-refractivity contribution is 0.116. The first-order valence-corrected chi connectivity index (χ1v) is 6.59.